The number of carbonyl (C=O) groups is 1. The molecule has 0 saturated heterocycles. The average Bonchev–Trinajstić information content (AvgIpc) is 3.11. The lowest BCUT2D eigenvalue weighted by Gasteiger charge is -2.28. The maximum absolute atomic E-state index is 14.6. The largest absolute Gasteiger partial charge is 0.328 e. The summed E-state index contributed by atoms with van der Waals surface area (Å²) < 4.78 is 16.1. The Bertz CT molecular complexity index is 1040. The molecule has 0 aliphatic carbocycles. The Morgan fingerprint density at radius 1 is 1.22 bits per heavy atom. The molecule has 6 nitrogen and oxygen atoms in total. The lowest BCUT2D eigenvalue weighted by atomic mass is 9.94. The number of nitrogens with zero attached hydrogens (tertiary/aromatic N) is 3. The summed E-state index contributed by atoms with van der Waals surface area (Å²) in [4.78, 5) is 17.2. The first kappa shape index (κ1) is 17.2. The minimum Gasteiger partial charge on any atom is -0.328 e. The van der Waals surface area contributed by atoms with Crippen LogP contribution in [0.1, 0.15) is 18.5 Å². The van der Waals surface area contributed by atoms with Crippen molar-refractivity contribution in [2.45, 2.75) is 13.0 Å². The maximum atomic E-state index is 14.6. The number of aromatic nitrogens is 3. The van der Waals surface area contributed by atoms with Crippen LogP contribution in [0.5, 0.6) is 0 Å². The molecule has 2 N–H and O–H groups in total. The van der Waals surface area contributed by atoms with E-state index in [4.69, 9.17) is 11.6 Å². The van der Waals surface area contributed by atoms with Crippen LogP contribution >= 0.6 is 11.6 Å². The number of benzene rings is 2. The molecule has 3 aromatic rings. The zero-order chi connectivity index (χ0) is 19.0. The third-order valence-corrected chi connectivity index (χ3v) is 4.59. The molecule has 1 aliphatic heterocycles. The Morgan fingerprint density at radius 2 is 1.96 bits per heavy atom. The fraction of sp³-hybridized carbons (Fsp3) is 0.105. The molecule has 1 aromatic heterocycles. The first-order valence-electron chi connectivity index (χ1n) is 8.23. The van der Waals surface area contributed by atoms with Crippen molar-refractivity contribution in [3.8, 4) is 0 Å². The van der Waals surface area contributed by atoms with Gasteiger partial charge >= 0.3 is 0 Å². The lowest BCUT2D eigenvalue weighted by Crippen LogP contribution is -2.32. The van der Waals surface area contributed by atoms with Gasteiger partial charge in [-0.25, -0.2) is 9.07 Å². The molecular weight excluding hydrogens is 369 g/mol. The van der Waals surface area contributed by atoms with E-state index in [1.54, 1.807) is 49.4 Å². The highest BCUT2D eigenvalue weighted by Crippen LogP contribution is 2.36. The van der Waals surface area contributed by atoms with Crippen molar-refractivity contribution >= 4 is 29.1 Å². The molecule has 1 unspecified atom stereocenters. The van der Waals surface area contributed by atoms with Crippen LogP contribution in [-0.4, -0.2) is 20.7 Å². The first-order valence-corrected chi connectivity index (χ1v) is 8.61. The number of fused-ring (bicyclic) bond motifs is 1. The lowest BCUT2D eigenvalue weighted by molar-refractivity contribution is -0.113. The SMILES string of the molecule is CC1=C(C(=O)Nc2ccc(Cl)cc2)C(c2ccccc2F)n2ncnc2N1. The van der Waals surface area contributed by atoms with E-state index in [1.165, 1.54) is 17.1 Å². The van der Waals surface area contributed by atoms with Gasteiger partial charge in [-0.15, -0.1) is 0 Å². The van der Waals surface area contributed by atoms with Crippen LogP contribution in [0.4, 0.5) is 16.0 Å². The number of rotatable bonds is 3. The van der Waals surface area contributed by atoms with E-state index in [0.717, 1.165) is 0 Å². The first-order chi connectivity index (χ1) is 13.0. The highest BCUT2D eigenvalue weighted by atomic mass is 35.5. The number of carbonyl (C=O) groups excluding carboxylic acids is 1. The highest BCUT2D eigenvalue weighted by molar-refractivity contribution is 6.30. The molecule has 0 bridgehead atoms. The fourth-order valence-electron chi connectivity index (χ4n) is 3.10. The molecule has 0 spiro atoms. The molecule has 0 saturated carbocycles. The van der Waals surface area contributed by atoms with E-state index in [-0.39, 0.29) is 5.91 Å². The molecule has 2 heterocycles. The molecule has 1 aliphatic rings. The van der Waals surface area contributed by atoms with Crippen LogP contribution in [0.25, 0.3) is 0 Å². The van der Waals surface area contributed by atoms with Crippen molar-refractivity contribution in [1.29, 1.82) is 0 Å². The molecular formula is C19H15ClFN5O. The van der Waals surface area contributed by atoms with Gasteiger partial charge in [0.2, 0.25) is 5.95 Å². The summed E-state index contributed by atoms with van der Waals surface area (Å²) in [5.41, 5.74) is 1.86. The Hall–Kier alpha value is -3.19. The number of anilines is 2. The second-order valence-electron chi connectivity index (χ2n) is 6.08. The fourth-order valence-corrected chi connectivity index (χ4v) is 3.23. The summed E-state index contributed by atoms with van der Waals surface area (Å²) in [6, 6.07) is 12.3. The second kappa shape index (κ2) is 6.85. The van der Waals surface area contributed by atoms with Crippen molar-refractivity contribution in [2.75, 3.05) is 10.6 Å². The van der Waals surface area contributed by atoms with Gasteiger partial charge in [0.05, 0.1) is 5.57 Å². The second-order valence-corrected chi connectivity index (χ2v) is 6.51. The average molecular weight is 384 g/mol. The van der Waals surface area contributed by atoms with Crippen molar-refractivity contribution in [3.63, 3.8) is 0 Å². The van der Waals surface area contributed by atoms with E-state index in [1.807, 2.05) is 0 Å². The van der Waals surface area contributed by atoms with Gasteiger partial charge in [-0.2, -0.15) is 10.1 Å². The topological polar surface area (TPSA) is 71.8 Å². The number of hydrogen-bond donors (Lipinski definition) is 2. The van der Waals surface area contributed by atoms with E-state index in [0.29, 0.717) is 33.5 Å². The highest BCUT2D eigenvalue weighted by Gasteiger charge is 2.34. The predicted octanol–water partition coefficient (Wildman–Crippen LogP) is 4.00. The Kier molecular flexibility index (Phi) is 4.37. The van der Waals surface area contributed by atoms with Gasteiger partial charge in [-0.1, -0.05) is 29.8 Å². The molecule has 2 aromatic carbocycles. The summed E-state index contributed by atoms with van der Waals surface area (Å²) >= 11 is 5.89. The Morgan fingerprint density at radius 3 is 2.70 bits per heavy atom. The van der Waals surface area contributed by atoms with Gasteiger partial charge in [0.15, 0.2) is 0 Å². The van der Waals surface area contributed by atoms with Crippen LogP contribution in [0.15, 0.2) is 66.1 Å². The zero-order valence-corrected chi connectivity index (χ0v) is 15.0. The maximum Gasteiger partial charge on any atom is 0.255 e. The summed E-state index contributed by atoms with van der Waals surface area (Å²) in [6.07, 6.45) is 1.36. The molecule has 136 valence electrons. The Labute approximate surface area is 159 Å². The van der Waals surface area contributed by atoms with E-state index >= 15 is 0 Å². The minimum atomic E-state index is -0.739. The minimum absolute atomic E-state index is 0.339. The van der Waals surface area contributed by atoms with Gasteiger partial charge in [0.1, 0.15) is 18.2 Å². The summed E-state index contributed by atoms with van der Waals surface area (Å²) in [7, 11) is 0. The number of nitrogens with one attached hydrogen (secondary N) is 2. The van der Waals surface area contributed by atoms with Crippen LogP contribution in [0.2, 0.25) is 5.02 Å². The number of hydrogen-bond acceptors (Lipinski definition) is 4. The third-order valence-electron chi connectivity index (χ3n) is 4.34. The van der Waals surface area contributed by atoms with Crippen molar-refractivity contribution in [2.24, 2.45) is 0 Å². The standard InChI is InChI=1S/C19H15ClFN5O/c1-11-16(18(27)25-13-8-6-12(20)7-9-13)17(14-4-2-3-5-15(14)21)26-19(24-11)22-10-23-26/h2-10,17H,1H3,(H,25,27)(H,22,23,24). The normalized spacial score (nSPS) is 15.9. The monoisotopic (exact) mass is 383 g/mol. The van der Waals surface area contributed by atoms with Crippen LogP contribution < -0.4 is 10.6 Å². The van der Waals surface area contributed by atoms with Crippen LogP contribution in [-0.2, 0) is 4.79 Å². The summed E-state index contributed by atoms with van der Waals surface area (Å²) in [5.74, 6) is -0.337. The number of halogens is 2. The Balaban J connectivity index is 1.77. The third kappa shape index (κ3) is 3.17. The number of amides is 1. The molecule has 8 heteroatoms. The van der Waals surface area contributed by atoms with E-state index < -0.39 is 11.9 Å². The van der Waals surface area contributed by atoms with Crippen LogP contribution in [0.3, 0.4) is 0 Å². The zero-order valence-electron chi connectivity index (χ0n) is 14.3. The molecule has 1 amide bonds. The van der Waals surface area contributed by atoms with Crippen LogP contribution in [0, 0.1) is 5.82 Å². The van der Waals surface area contributed by atoms with Crippen molar-refractivity contribution < 1.29 is 9.18 Å². The summed E-state index contributed by atoms with van der Waals surface area (Å²) in [6.45, 7) is 1.75. The molecule has 4 rings (SSSR count). The number of allylic oxidation sites excluding steroid dienone is 1. The molecule has 27 heavy (non-hydrogen) atoms. The smallest absolute Gasteiger partial charge is 0.255 e. The molecule has 0 radical (unpaired) electrons. The van der Waals surface area contributed by atoms with Gasteiger partial charge < -0.3 is 10.6 Å². The van der Waals surface area contributed by atoms with Gasteiger partial charge in [0, 0.05) is 22.0 Å². The van der Waals surface area contributed by atoms with E-state index in [2.05, 4.69) is 20.7 Å². The van der Waals surface area contributed by atoms with Gasteiger partial charge in [-0.3, -0.25) is 4.79 Å². The van der Waals surface area contributed by atoms with Crippen molar-refractivity contribution in [1.82, 2.24) is 14.8 Å². The van der Waals surface area contributed by atoms with Gasteiger partial charge in [-0.05, 0) is 37.3 Å². The molecule has 1 atom stereocenters. The van der Waals surface area contributed by atoms with Gasteiger partial charge in [0.25, 0.3) is 5.91 Å². The molecule has 0 fully saturated rings. The quantitative estimate of drug-likeness (QED) is 0.717. The summed E-state index contributed by atoms with van der Waals surface area (Å²) in [5, 5.41) is 10.6. The predicted molar refractivity (Wildman–Crippen MR) is 101 cm³/mol. The van der Waals surface area contributed by atoms with Crippen molar-refractivity contribution in [3.05, 3.63) is 82.5 Å². The van der Waals surface area contributed by atoms with E-state index in [9.17, 15) is 9.18 Å².